The second-order valence-corrected chi connectivity index (χ2v) is 5.51. The fourth-order valence-corrected chi connectivity index (χ4v) is 2.19. The minimum atomic E-state index is 0.171. The number of rotatable bonds is 3. The highest BCUT2D eigenvalue weighted by atomic mass is 79.9. The first-order valence-electron chi connectivity index (χ1n) is 5.13. The summed E-state index contributed by atoms with van der Waals surface area (Å²) < 4.78 is 0.939. The summed E-state index contributed by atoms with van der Waals surface area (Å²) in [6, 6.07) is 9.18. The Morgan fingerprint density at radius 2 is 1.89 bits per heavy atom. The molecule has 0 aliphatic rings. The molecule has 0 amide bonds. The van der Waals surface area contributed by atoms with Crippen molar-refractivity contribution in [1.82, 2.24) is 4.98 Å². The maximum atomic E-state index is 5.96. The lowest BCUT2D eigenvalue weighted by molar-refractivity contribution is 1.23. The van der Waals surface area contributed by atoms with Crippen LogP contribution < -0.4 is 5.43 Å². The summed E-state index contributed by atoms with van der Waals surface area (Å²) in [5, 5.41) is 4.87. The zero-order valence-electron chi connectivity index (χ0n) is 9.37. The van der Waals surface area contributed by atoms with Crippen LogP contribution in [-0.4, -0.2) is 11.2 Å². The summed E-state index contributed by atoms with van der Waals surface area (Å²) in [5.41, 5.74) is 3.64. The van der Waals surface area contributed by atoms with Gasteiger partial charge in [-0.05, 0) is 12.1 Å². The fourth-order valence-electron chi connectivity index (χ4n) is 1.27. The SMILES string of the molecule is Clc1cc(Cl)c(NN=Cc2ccccc2Br)nc1Cl. The number of nitrogens with zero attached hydrogens (tertiary/aromatic N) is 2. The summed E-state index contributed by atoms with van der Waals surface area (Å²) in [7, 11) is 0. The molecular formula is C12H7BrCl3N3. The van der Waals surface area contributed by atoms with Gasteiger partial charge in [-0.2, -0.15) is 5.10 Å². The van der Waals surface area contributed by atoms with Gasteiger partial charge in [-0.25, -0.2) is 4.98 Å². The van der Waals surface area contributed by atoms with E-state index in [4.69, 9.17) is 34.8 Å². The second-order valence-electron chi connectivity index (χ2n) is 3.48. The molecule has 19 heavy (non-hydrogen) atoms. The fraction of sp³-hybridized carbons (Fsp3) is 0. The molecular weight excluding hydrogens is 372 g/mol. The molecule has 0 aliphatic heterocycles. The van der Waals surface area contributed by atoms with Crippen LogP contribution in [0.2, 0.25) is 15.2 Å². The van der Waals surface area contributed by atoms with E-state index in [1.807, 2.05) is 24.3 Å². The first kappa shape index (κ1) is 14.6. The zero-order valence-corrected chi connectivity index (χ0v) is 13.2. The first-order chi connectivity index (χ1) is 9.08. The lowest BCUT2D eigenvalue weighted by Gasteiger charge is -2.04. The molecule has 1 N–H and O–H groups in total. The minimum absolute atomic E-state index is 0.171. The number of nitrogens with one attached hydrogen (secondary N) is 1. The van der Waals surface area contributed by atoms with Crippen LogP contribution in [0.15, 0.2) is 39.9 Å². The van der Waals surface area contributed by atoms with Crippen molar-refractivity contribution in [1.29, 1.82) is 0 Å². The van der Waals surface area contributed by atoms with Crippen molar-refractivity contribution in [2.75, 3.05) is 5.43 Å². The van der Waals surface area contributed by atoms with Gasteiger partial charge in [0.2, 0.25) is 0 Å². The zero-order chi connectivity index (χ0) is 13.8. The Bertz CT molecular complexity index is 632. The van der Waals surface area contributed by atoms with E-state index < -0.39 is 0 Å². The van der Waals surface area contributed by atoms with Crippen LogP contribution in [0.5, 0.6) is 0 Å². The van der Waals surface area contributed by atoms with Gasteiger partial charge in [-0.3, -0.25) is 5.43 Å². The van der Waals surface area contributed by atoms with Gasteiger partial charge in [0, 0.05) is 10.0 Å². The molecule has 2 aromatic rings. The van der Waals surface area contributed by atoms with E-state index in [1.54, 1.807) is 6.21 Å². The van der Waals surface area contributed by atoms with Gasteiger partial charge >= 0.3 is 0 Å². The summed E-state index contributed by atoms with van der Waals surface area (Å²) in [6.45, 7) is 0. The third-order valence-electron chi connectivity index (χ3n) is 2.17. The molecule has 3 nitrogen and oxygen atoms in total. The standard InChI is InChI=1S/C12H7BrCl3N3/c13-8-4-2-1-3-7(8)6-17-19-12-10(15)5-9(14)11(16)18-12/h1-6H,(H,18,19). The minimum Gasteiger partial charge on any atom is -0.260 e. The van der Waals surface area contributed by atoms with Gasteiger partial charge in [-0.15, -0.1) is 0 Å². The molecule has 0 saturated heterocycles. The average Bonchev–Trinajstić information content (AvgIpc) is 2.38. The lowest BCUT2D eigenvalue weighted by Crippen LogP contribution is -1.95. The molecule has 7 heteroatoms. The van der Waals surface area contributed by atoms with E-state index in [0.29, 0.717) is 15.9 Å². The van der Waals surface area contributed by atoms with Crippen molar-refractivity contribution in [2.24, 2.45) is 5.10 Å². The van der Waals surface area contributed by atoms with Crippen molar-refractivity contribution in [2.45, 2.75) is 0 Å². The molecule has 1 heterocycles. The van der Waals surface area contributed by atoms with Crippen LogP contribution in [0.1, 0.15) is 5.56 Å². The molecule has 0 saturated carbocycles. The Labute approximate surface area is 133 Å². The Morgan fingerprint density at radius 3 is 2.63 bits per heavy atom. The summed E-state index contributed by atoms with van der Waals surface area (Å²) in [4.78, 5) is 3.99. The summed E-state index contributed by atoms with van der Waals surface area (Å²) in [5.74, 6) is 0.347. The smallest absolute Gasteiger partial charge is 0.166 e. The number of halogens is 4. The predicted molar refractivity (Wildman–Crippen MR) is 84.6 cm³/mol. The van der Waals surface area contributed by atoms with Crippen molar-refractivity contribution < 1.29 is 0 Å². The Balaban J connectivity index is 2.15. The Morgan fingerprint density at radius 1 is 1.16 bits per heavy atom. The summed E-state index contributed by atoms with van der Waals surface area (Å²) in [6.07, 6.45) is 1.64. The van der Waals surface area contributed by atoms with E-state index in [2.05, 4.69) is 31.4 Å². The van der Waals surface area contributed by atoms with E-state index in [-0.39, 0.29) is 5.15 Å². The molecule has 1 aromatic heterocycles. The number of hydrazone groups is 1. The molecule has 0 spiro atoms. The average molecular weight is 379 g/mol. The molecule has 0 unspecified atom stereocenters. The van der Waals surface area contributed by atoms with Crippen LogP contribution >= 0.6 is 50.7 Å². The van der Waals surface area contributed by atoms with Crippen LogP contribution in [0, 0.1) is 0 Å². The van der Waals surface area contributed by atoms with Crippen LogP contribution in [0.25, 0.3) is 0 Å². The quantitative estimate of drug-likeness (QED) is 0.449. The van der Waals surface area contributed by atoms with Gasteiger partial charge < -0.3 is 0 Å². The van der Waals surface area contributed by atoms with Crippen LogP contribution in [0.3, 0.4) is 0 Å². The third kappa shape index (κ3) is 3.83. The van der Waals surface area contributed by atoms with Gasteiger partial charge in [-0.1, -0.05) is 68.9 Å². The van der Waals surface area contributed by atoms with E-state index in [0.717, 1.165) is 10.0 Å². The van der Waals surface area contributed by atoms with Gasteiger partial charge in [0.05, 0.1) is 16.3 Å². The number of aromatic nitrogens is 1. The van der Waals surface area contributed by atoms with Crippen LogP contribution in [0.4, 0.5) is 5.82 Å². The van der Waals surface area contributed by atoms with Gasteiger partial charge in [0.1, 0.15) is 5.15 Å². The molecule has 0 aliphatic carbocycles. The number of hydrogen-bond donors (Lipinski definition) is 1. The largest absolute Gasteiger partial charge is 0.260 e. The highest BCUT2D eigenvalue weighted by Gasteiger charge is 2.06. The molecule has 2 rings (SSSR count). The third-order valence-corrected chi connectivity index (χ3v) is 3.85. The monoisotopic (exact) mass is 377 g/mol. The van der Waals surface area contributed by atoms with Crippen molar-refractivity contribution in [3.05, 3.63) is 55.6 Å². The number of pyridine rings is 1. The highest BCUT2D eigenvalue weighted by Crippen LogP contribution is 2.28. The van der Waals surface area contributed by atoms with E-state index in [9.17, 15) is 0 Å². The number of anilines is 1. The maximum Gasteiger partial charge on any atom is 0.166 e. The van der Waals surface area contributed by atoms with E-state index in [1.165, 1.54) is 6.07 Å². The number of hydrogen-bond acceptors (Lipinski definition) is 3. The van der Waals surface area contributed by atoms with Crippen LogP contribution in [-0.2, 0) is 0 Å². The van der Waals surface area contributed by atoms with Gasteiger partial charge in [0.15, 0.2) is 5.82 Å². The molecule has 0 radical (unpaired) electrons. The first-order valence-corrected chi connectivity index (χ1v) is 7.06. The second kappa shape index (κ2) is 6.57. The predicted octanol–water partition coefficient (Wildman–Crippen LogP) is 5.25. The van der Waals surface area contributed by atoms with Crippen molar-refractivity contribution in [3.63, 3.8) is 0 Å². The molecule has 0 fully saturated rings. The lowest BCUT2D eigenvalue weighted by atomic mass is 10.2. The Kier molecular flexibility index (Phi) is 5.05. The molecule has 98 valence electrons. The molecule has 1 aromatic carbocycles. The molecule has 0 bridgehead atoms. The van der Waals surface area contributed by atoms with Gasteiger partial charge in [0.25, 0.3) is 0 Å². The van der Waals surface area contributed by atoms with Crippen molar-refractivity contribution in [3.8, 4) is 0 Å². The van der Waals surface area contributed by atoms with Crippen molar-refractivity contribution >= 4 is 62.8 Å². The summed E-state index contributed by atoms with van der Waals surface area (Å²) >= 11 is 21.0. The van der Waals surface area contributed by atoms with E-state index >= 15 is 0 Å². The highest BCUT2D eigenvalue weighted by molar-refractivity contribution is 9.10. The normalized spacial score (nSPS) is 10.9. The topological polar surface area (TPSA) is 37.3 Å². The Hall–Kier alpha value is -0.810. The number of benzene rings is 1. The maximum absolute atomic E-state index is 5.96. The molecule has 0 atom stereocenters.